The molecule has 0 aliphatic rings. The summed E-state index contributed by atoms with van der Waals surface area (Å²) in [5, 5.41) is 10.7. The number of benzene rings is 3. The van der Waals surface area contributed by atoms with Gasteiger partial charge < -0.3 is 14.6 Å². The Kier molecular flexibility index (Phi) is 7.73. The van der Waals surface area contributed by atoms with Gasteiger partial charge in [0.2, 0.25) is 0 Å². The van der Waals surface area contributed by atoms with E-state index in [1.807, 2.05) is 12.1 Å². The largest absolute Gasteiger partial charge is 0.508 e. The van der Waals surface area contributed by atoms with Crippen LogP contribution in [0.25, 0.3) is 0 Å². The molecule has 2 atom stereocenters. The molecule has 3 aromatic carbocycles. The summed E-state index contributed by atoms with van der Waals surface area (Å²) < 4.78 is 12.6. The van der Waals surface area contributed by atoms with E-state index in [2.05, 4.69) is 79.7 Å². The van der Waals surface area contributed by atoms with E-state index in [4.69, 9.17) is 9.47 Å². The highest BCUT2D eigenvalue weighted by Crippen LogP contribution is 2.30. The van der Waals surface area contributed by atoms with Gasteiger partial charge in [-0.1, -0.05) is 24.3 Å². The van der Waals surface area contributed by atoms with E-state index in [0.29, 0.717) is 18.6 Å². The van der Waals surface area contributed by atoms with Crippen molar-refractivity contribution in [2.75, 3.05) is 0 Å². The van der Waals surface area contributed by atoms with Crippen molar-refractivity contribution in [3.63, 3.8) is 0 Å². The number of aryl methyl sites for hydroxylation is 2. The molecule has 2 unspecified atom stereocenters. The lowest BCUT2D eigenvalue weighted by atomic mass is 9.96. The second-order valence-electron chi connectivity index (χ2n) is 9.44. The zero-order valence-electron chi connectivity index (χ0n) is 21.4. The summed E-state index contributed by atoms with van der Waals surface area (Å²) in [7, 11) is 0. The van der Waals surface area contributed by atoms with Gasteiger partial charge >= 0.3 is 0 Å². The van der Waals surface area contributed by atoms with Crippen LogP contribution in [0.2, 0.25) is 0 Å². The maximum Gasteiger partial charge on any atom is 0.122 e. The zero-order chi connectivity index (χ0) is 24.3. The lowest BCUT2D eigenvalue weighted by molar-refractivity contribution is 0.213. The molecule has 0 fully saturated rings. The van der Waals surface area contributed by atoms with Crippen LogP contribution in [0.15, 0.2) is 42.5 Å². The van der Waals surface area contributed by atoms with Gasteiger partial charge in [0.15, 0.2) is 0 Å². The molecule has 0 radical (unpaired) electrons. The third kappa shape index (κ3) is 5.71. The quantitative estimate of drug-likeness (QED) is 0.396. The molecule has 3 rings (SSSR count). The fourth-order valence-electron chi connectivity index (χ4n) is 4.28. The molecular weight excluding hydrogens is 408 g/mol. The fraction of sp³-hybridized carbons (Fsp3) is 0.400. The molecule has 0 aliphatic heterocycles. The molecule has 0 amide bonds. The Morgan fingerprint density at radius 3 is 1.64 bits per heavy atom. The topological polar surface area (TPSA) is 38.7 Å². The van der Waals surface area contributed by atoms with Crippen LogP contribution >= 0.6 is 0 Å². The molecule has 0 bridgehead atoms. The predicted octanol–water partition coefficient (Wildman–Crippen LogP) is 7.26. The standard InChI is InChI=1S/C30H38O3/c1-18-12-14-29(24(7)22(18)5)32-20(3)16-26-10-9-11-28(31)27(26)17-21(4)33-30-15-13-19(2)23(6)25(30)8/h9-15,20-21,31H,16-17H2,1-8H3. The smallest absolute Gasteiger partial charge is 0.122 e. The molecule has 3 nitrogen and oxygen atoms in total. The van der Waals surface area contributed by atoms with E-state index in [9.17, 15) is 5.11 Å². The summed E-state index contributed by atoms with van der Waals surface area (Å²) in [4.78, 5) is 0. The molecule has 33 heavy (non-hydrogen) atoms. The summed E-state index contributed by atoms with van der Waals surface area (Å²) >= 11 is 0. The van der Waals surface area contributed by atoms with E-state index < -0.39 is 0 Å². The van der Waals surface area contributed by atoms with E-state index in [-0.39, 0.29) is 12.2 Å². The van der Waals surface area contributed by atoms with Gasteiger partial charge in [-0.15, -0.1) is 0 Å². The highest BCUT2D eigenvalue weighted by atomic mass is 16.5. The van der Waals surface area contributed by atoms with E-state index in [1.165, 1.54) is 33.4 Å². The number of aromatic hydroxyl groups is 1. The lowest BCUT2D eigenvalue weighted by Gasteiger charge is -2.22. The van der Waals surface area contributed by atoms with Crippen molar-refractivity contribution in [3.05, 3.63) is 87.0 Å². The average Bonchev–Trinajstić information content (AvgIpc) is 2.77. The Bertz CT molecular complexity index is 1130. The molecule has 0 heterocycles. The van der Waals surface area contributed by atoms with Crippen molar-refractivity contribution in [2.24, 2.45) is 0 Å². The first-order valence-corrected chi connectivity index (χ1v) is 11.8. The fourth-order valence-corrected chi connectivity index (χ4v) is 4.28. The first-order valence-electron chi connectivity index (χ1n) is 11.8. The second-order valence-corrected chi connectivity index (χ2v) is 9.44. The first-order chi connectivity index (χ1) is 15.6. The number of hydrogen-bond donors (Lipinski definition) is 1. The maximum atomic E-state index is 10.7. The highest BCUT2D eigenvalue weighted by Gasteiger charge is 2.18. The number of hydrogen-bond acceptors (Lipinski definition) is 3. The number of ether oxygens (including phenoxy) is 2. The maximum absolute atomic E-state index is 10.7. The van der Waals surface area contributed by atoms with Crippen molar-refractivity contribution in [1.29, 1.82) is 0 Å². The normalized spacial score (nSPS) is 13.0. The van der Waals surface area contributed by atoms with Crippen LogP contribution < -0.4 is 9.47 Å². The molecule has 0 saturated heterocycles. The summed E-state index contributed by atoms with van der Waals surface area (Å²) in [6, 6.07) is 14.0. The van der Waals surface area contributed by atoms with Crippen LogP contribution in [-0.4, -0.2) is 17.3 Å². The van der Waals surface area contributed by atoms with Crippen LogP contribution in [0.3, 0.4) is 0 Å². The summed E-state index contributed by atoms with van der Waals surface area (Å²) in [6.07, 6.45) is 1.25. The number of rotatable bonds is 8. The van der Waals surface area contributed by atoms with Crippen molar-refractivity contribution in [3.8, 4) is 17.2 Å². The summed E-state index contributed by atoms with van der Waals surface area (Å²) in [5.74, 6) is 2.15. The highest BCUT2D eigenvalue weighted by molar-refractivity contribution is 5.45. The number of phenols is 1. The Labute approximate surface area is 199 Å². The molecule has 3 aromatic rings. The molecule has 1 N–H and O–H groups in total. The monoisotopic (exact) mass is 446 g/mol. The van der Waals surface area contributed by atoms with Crippen LogP contribution in [-0.2, 0) is 12.8 Å². The van der Waals surface area contributed by atoms with Gasteiger partial charge in [0, 0.05) is 18.4 Å². The minimum absolute atomic E-state index is 0.0235. The van der Waals surface area contributed by atoms with Crippen LogP contribution in [0.5, 0.6) is 17.2 Å². The molecule has 0 aromatic heterocycles. The molecule has 0 spiro atoms. The third-order valence-electron chi connectivity index (χ3n) is 6.92. The minimum atomic E-state index is -0.0731. The van der Waals surface area contributed by atoms with Crippen molar-refractivity contribution >= 4 is 0 Å². The second kappa shape index (κ2) is 10.3. The van der Waals surface area contributed by atoms with E-state index in [0.717, 1.165) is 22.6 Å². The Balaban J connectivity index is 1.75. The predicted molar refractivity (Wildman–Crippen MR) is 137 cm³/mol. The van der Waals surface area contributed by atoms with Crippen molar-refractivity contribution in [2.45, 2.75) is 80.4 Å². The molecule has 0 saturated carbocycles. The summed E-state index contributed by atoms with van der Waals surface area (Å²) in [6.45, 7) is 16.9. The van der Waals surface area contributed by atoms with E-state index >= 15 is 0 Å². The van der Waals surface area contributed by atoms with Crippen LogP contribution in [0, 0.1) is 41.5 Å². The molecule has 176 valence electrons. The van der Waals surface area contributed by atoms with Gasteiger partial charge in [-0.05, 0) is 113 Å². The van der Waals surface area contributed by atoms with Gasteiger partial charge in [-0.3, -0.25) is 0 Å². The molecule has 3 heteroatoms. The van der Waals surface area contributed by atoms with Gasteiger partial charge in [0.05, 0.1) is 6.10 Å². The Morgan fingerprint density at radius 2 is 1.12 bits per heavy atom. The number of phenolic OH excluding ortho intramolecular Hbond substituents is 1. The van der Waals surface area contributed by atoms with Gasteiger partial charge in [0.1, 0.15) is 23.4 Å². The molecular formula is C30H38O3. The SMILES string of the molecule is Cc1ccc(OC(C)Cc2cccc(O)c2CC(C)Oc2ccc(C)c(C)c2C)c(C)c1C. The average molecular weight is 447 g/mol. The zero-order valence-corrected chi connectivity index (χ0v) is 21.4. The van der Waals surface area contributed by atoms with Gasteiger partial charge in [0.25, 0.3) is 0 Å². The third-order valence-corrected chi connectivity index (χ3v) is 6.92. The lowest BCUT2D eigenvalue weighted by Crippen LogP contribution is -2.20. The van der Waals surface area contributed by atoms with E-state index in [1.54, 1.807) is 6.07 Å². The van der Waals surface area contributed by atoms with Crippen molar-refractivity contribution < 1.29 is 14.6 Å². The minimum Gasteiger partial charge on any atom is -0.508 e. The summed E-state index contributed by atoms with van der Waals surface area (Å²) in [5.41, 5.74) is 9.45. The van der Waals surface area contributed by atoms with Crippen LogP contribution in [0.1, 0.15) is 58.4 Å². The first kappa shape index (κ1) is 24.7. The van der Waals surface area contributed by atoms with Gasteiger partial charge in [-0.25, -0.2) is 0 Å². The Morgan fingerprint density at radius 1 is 0.636 bits per heavy atom. The molecule has 0 aliphatic carbocycles. The van der Waals surface area contributed by atoms with Crippen molar-refractivity contribution in [1.82, 2.24) is 0 Å². The Hall–Kier alpha value is -2.94. The van der Waals surface area contributed by atoms with Gasteiger partial charge in [-0.2, -0.15) is 0 Å². The van der Waals surface area contributed by atoms with Crippen LogP contribution in [0.4, 0.5) is 0 Å².